The van der Waals surface area contributed by atoms with Crippen molar-refractivity contribution in [2.75, 3.05) is 20.2 Å². The molecular weight excluding hydrogens is 375 g/mol. The Bertz CT molecular complexity index is 879. The Balaban J connectivity index is 1.43. The molecule has 3 heterocycles. The summed E-state index contributed by atoms with van der Waals surface area (Å²) >= 11 is 0. The van der Waals surface area contributed by atoms with Crippen molar-refractivity contribution >= 4 is 11.8 Å². The number of methoxy groups -OCH3 is 1. The van der Waals surface area contributed by atoms with Crippen molar-refractivity contribution in [2.45, 2.75) is 38.5 Å². The molecule has 0 N–H and O–H groups in total. The van der Waals surface area contributed by atoms with Crippen LogP contribution in [0.3, 0.4) is 0 Å². The van der Waals surface area contributed by atoms with Crippen LogP contribution in [0.25, 0.3) is 0 Å². The van der Waals surface area contributed by atoms with E-state index in [1.807, 2.05) is 9.80 Å². The van der Waals surface area contributed by atoms with Gasteiger partial charge in [0.1, 0.15) is 18.2 Å². The van der Waals surface area contributed by atoms with E-state index in [0.717, 1.165) is 18.4 Å². The van der Waals surface area contributed by atoms with Gasteiger partial charge in [-0.1, -0.05) is 12.1 Å². The molecule has 1 aromatic carbocycles. The van der Waals surface area contributed by atoms with Gasteiger partial charge in [0.05, 0.1) is 0 Å². The highest BCUT2D eigenvalue weighted by molar-refractivity contribution is 5.91. The van der Waals surface area contributed by atoms with Gasteiger partial charge in [0.15, 0.2) is 5.76 Å². The van der Waals surface area contributed by atoms with E-state index in [2.05, 4.69) is 0 Å². The highest BCUT2D eigenvalue weighted by Gasteiger charge is 2.40. The summed E-state index contributed by atoms with van der Waals surface area (Å²) in [6.45, 7) is 2.00. The summed E-state index contributed by atoms with van der Waals surface area (Å²) < 4.78 is 23.8. The van der Waals surface area contributed by atoms with Crippen LogP contribution in [0.4, 0.5) is 4.39 Å². The maximum absolute atomic E-state index is 13.2. The summed E-state index contributed by atoms with van der Waals surface area (Å²) in [5, 5.41) is 0. The van der Waals surface area contributed by atoms with Gasteiger partial charge in [-0.2, -0.15) is 0 Å². The van der Waals surface area contributed by atoms with E-state index < -0.39 is 0 Å². The van der Waals surface area contributed by atoms with E-state index in [1.54, 1.807) is 31.4 Å². The van der Waals surface area contributed by atoms with E-state index >= 15 is 0 Å². The summed E-state index contributed by atoms with van der Waals surface area (Å²) in [5.74, 6) is 0.915. The second kappa shape index (κ2) is 8.37. The van der Waals surface area contributed by atoms with E-state index in [-0.39, 0.29) is 29.6 Å². The van der Waals surface area contributed by atoms with Crippen LogP contribution in [0.2, 0.25) is 0 Å². The summed E-state index contributed by atoms with van der Waals surface area (Å²) in [4.78, 5) is 29.1. The van der Waals surface area contributed by atoms with Crippen LogP contribution in [0.1, 0.15) is 41.1 Å². The quantitative estimate of drug-likeness (QED) is 0.773. The molecule has 2 fully saturated rings. The molecule has 2 amide bonds. The first kappa shape index (κ1) is 19.6. The van der Waals surface area contributed by atoms with Gasteiger partial charge < -0.3 is 19.0 Å². The lowest BCUT2D eigenvalue weighted by molar-refractivity contribution is -0.141. The molecule has 0 radical (unpaired) electrons. The Morgan fingerprint density at radius 1 is 1.21 bits per heavy atom. The van der Waals surface area contributed by atoms with Crippen LogP contribution < -0.4 is 0 Å². The average Bonchev–Trinajstić information content (AvgIpc) is 3.19. The van der Waals surface area contributed by atoms with Crippen LogP contribution in [0, 0.1) is 11.7 Å². The third kappa shape index (κ3) is 4.19. The molecule has 0 spiro atoms. The molecule has 2 aliphatic rings. The Kier molecular flexibility index (Phi) is 5.67. The van der Waals surface area contributed by atoms with Gasteiger partial charge in [0.25, 0.3) is 5.91 Å². The number of likely N-dealkylation sites (tertiary alicyclic amines) is 2. The molecule has 4 rings (SSSR count). The summed E-state index contributed by atoms with van der Waals surface area (Å²) in [5.41, 5.74) is 0.917. The molecule has 0 unspecified atom stereocenters. The standard InChI is InChI=1S/C22H25FN2O4/c1-28-14-18-7-8-20(29-18)22(27)24-11-10-19-16(13-24)4-9-21(26)25(19)12-15-2-5-17(23)6-3-15/h2-3,5-8,16,19H,4,9-14H2,1H3/t16-,19+/m1/s1. The van der Waals surface area contributed by atoms with E-state index in [1.165, 1.54) is 12.1 Å². The molecule has 154 valence electrons. The second-order valence-corrected chi connectivity index (χ2v) is 7.75. The van der Waals surface area contributed by atoms with Gasteiger partial charge >= 0.3 is 0 Å². The summed E-state index contributed by atoms with van der Waals surface area (Å²) in [6.07, 6.45) is 1.98. The van der Waals surface area contributed by atoms with Crippen LogP contribution in [0.15, 0.2) is 40.8 Å². The third-order valence-electron chi connectivity index (χ3n) is 5.86. The van der Waals surface area contributed by atoms with Crippen LogP contribution >= 0.6 is 0 Å². The van der Waals surface area contributed by atoms with Crippen LogP contribution in [0.5, 0.6) is 0 Å². The Labute approximate surface area is 169 Å². The topological polar surface area (TPSA) is 63.0 Å². The van der Waals surface area contributed by atoms with E-state index in [0.29, 0.717) is 44.2 Å². The van der Waals surface area contributed by atoms with Gasteiger partial charge in [-0.15, -0.1) is 0 Å². The van der Waals surface area contributed by atoms with Crippen molar-refractivity contribution in [2.24, 2.45) is 5.92 Å². The number of benzene rings is 1. The fourth-order valence-corrected chi connectivity index (χ4v) is 4.40. The number of furan rings is 1. The molecule has 29 heavy (non-hydrogen) atoms. The summed E-state index contributed by atoms with van der Waals surface area (Å²) in [7, 11) is 1.58. The highest BCUT2D eigenvalue weighted by Crippen LogP contribution is 2.33. The number of hydrogen-bond donors (Lipinski definition) is 0. The Morgan fingerprint density at radius 3 is 2.76 bits per heavy atom. The number of carbonyl (C=O) groups excluding carboxylic acids is 2. The predicted molar refractivity (Wildman–Crippen MR) is 103 cm³/mol. The van der Waals surface area contributed by atoms with E-state index in [9.17, 15) is 14.0 Å². The van der Waals surface area contributed by atoms with Crippen molar-refractivity contribution < 1.29 is 23.1 Å². The number of nitrogens with zero attached hydrogens (tertiary/aromatic N) is 2. The number of rotatable bonds is 5. The molecule has 0 saturated carbocycles. The zero-order valence-electron chi connectivity index (χ0n) is 16.5. The van der Waals surface area contributed by atoms with Gasteiger partial charge in [0, 0.05) is 39.2 Å². The highest BCUT2D eigenvalue weighted by atomic mass is 19.1. The number of halogens is 1. The molecule has 2 aliphatic heterocycles. The van der Waals surface area contributed by atoms with Gasteiger partial charge in [-0.25, -0.2) is 4.39 Å². The SMILES string of the molecule is COCc1ccc(C(=O)N2CC[C@H]3[C@H](CCC(=O)N3Cc3ccc(F)cc3)C2)o1. The van der Waals surface area contributed by atoms with Crippen molar-refractivity contribution in [1.82, 2.24) is 9.80 Å². The lowest BCUT2D eigenvalue weighted by Crippen LogP contribution is -2.56. The number of hydrogen-bond acceptors (Lipinski definition) is 4. The van der Waals surface area contributed by atoms with Gasteiger partial charge in [-0.05, 0) is 48.6 Å². The van der Waals surface area contributed by atoms with Crippen LogP contribution in [-0.2, 0) is 22.7 Å². The average molecular weight is 400 g/mol. The van der Waals surface area contributed by atoms with Crippen molar-refractivity contribution in [3.8, 4) is 0 Å². The minimum Gasteiger partial charge on any atom is -0.453 e. The first-order valence-electron chi connectivity index (χ1n) is 9.96. The third-order valence-corrected chi connectivity index (χ3v) is 5.86. The lowest BCUT2D eigenvalue weighted by Gasteiger charge is -2.47. The van der Waals surface area contributed by atoms with Gasteiger partial charge in [-0.3, -0.25) is 9.59 Å². The van der Waals surface area contributed by atoms with E-state index in [4.69, 9.17) is 9.15 Å². The largest absolute Gasteiger partial charge is 0.453 e. The van der Waals surface area contributed by atoms with Crippen molar-refractivity contribution in [3.05, 3.63) is 59.3 Å². The lowest BCUT2D eigenvalue weighted by atomic mass is 9.83. The second-order valence-electron chi connectivity index (χ2n) is 7.75. The fourth-order valence-electron chi connectivity index (χ4n) is 4.40. The Hall–Kier alpha value is -2.67. The number of piperidine rings is 2. The first-order valence-corrected chi connectivity index (χ1v) is 9.96. The fraction of sp³-hybridized carbons (Fsp3) is 0.455. The Morgan fingerprint density at radius 2 is 2.00 bits per heavy atom. The first-order chi connectivity index (χ1) is 14.0. The zero-order valence-corrected chi connectivity index (χ0v) is 16.5. The molecule has 2 atom stereocenters. The molecule has 6 nitrogen and oxygen atoms in total. The minimum atomic E-state index is -0.282. The number of ether oxygens (including phenoxy) is 1. The molecule has 1 aromatic heterocycles. The molecule has 0 bridgehead atoms. The van der Waals surface area contributed by atoms with Crippen LogP contribution in [-0.4, -0.2) is 47.9 Å². The zero-order chi connectivity index (χ0) is 20.4. The molecule has 0 aliphatic carbocycles. The predicted octanol–water partition coefficient (Wildman–Crippen LogP) is 3.22. The monoisotopic (exact) mass is 400 g/mol. The molecule has 2 saturated heterocycles. The molecule has 7 heteroatoms. The maximum atomic E-state index is 13.2. The number of fused-ring (bicyclic) bond motifs is 1. The molecule has 2 aromatic rings. The van der Waals surface area contributed by atoms with Gasteiger partial charge in [0.2, 0.25) is 5.91 Å². The van der Waals surface area contributed by atoms with Crippen molar-refractivity contribution in [3.63, 3.8) is 0 Å². The smallest absolute Gasteiger partial charge is 0.289 e. The molecular formula is C22H25FN2O4. The van der Waals surface area contributed by atoms with Crippen molar-refractivity contribution in [1.29, 1.82) is 0 Å². The minimum absolute atomic E-state index is 0.103. The number of amides is 2. The normalized spacial score (nSPS) is 21.9. The summed E-state index contributed by atoms with van der Waals surface area (Å²) in [6, 6.07) is 9.83. The maximum Gasteiger partial charge on any atom is 0.289 e. The number of carbonyl (C=O) groups is 2.